The molecule has 0 aromatic carbocycles. The summed E-state index contributed by atoms with van der Waals surface area (Å²) in [5.74, 6) is 0.566. The van der Waals surface area contributed by atoms with E-state index in [9.17, 15) is 4.79 Å². The zero-order chi connectivity index (χ0) is 8.10. The molecule has 0 saturated heterocycles. The topological polar surface area (TPSA) is 29.1 Å². The van der Waals surface area contributed by atoms with Gasteiger partial charge in [-0.1, -0.05) is 28.8 Å². The average Bonchev–Trinajstić information content (AvgIpc) is 2.52. The minimum atomic E-state index is 0.252. The number of carbonyl (C=O) groups excluding carboxylic acids is 1. The van der Waals surface area contributed by atoms with Crippen molar-refractivity contribution in [3.05, 3.63) is 0 Å². The van der Waals surface area contributed by atoms with E-state index in [2.05, 4.69) is 21.2 Å². The van der Waals surface area contributed by atoms with Crippen molar-refractivity contribution in [2.24, 2.45) is 5.92 Å². The van der Waals surface area contributed by atoms with Crippen LogP contribution in [0.1, 0.15) is 25.7 Å². The molecule has 0 aromatic heterocycles. The summed E-state index contributed by atoms with van der Waals surface area (Å²) in [6.07, 6.45) is 4.64. The summed E-state index contributed by atoms with van der Waals surface area (Å²) in [4.78, 5) is 11.3. The second kappa shape index (κ2) is 4.75. The lowest BCUT2D eigenvalue weighted by molar-refractivity contribution is -0.124. The highest BCUT2D eigenvalue weighted by Gasteiger charge is 2.21. The number of carbonyl (C=O) groups is 1. The van der Waals surface area contributed by atoms with Crippen molar-refractivity contribution >= 4 is 21.8 Å². The maximum Gasteiger partial charge on any atom is 0.223 e. The molecule has 0 bridgehead atoms. The molecule has 0 unspecified atom stereocenters. The third kappa shape index (κ3) is 2.81. The van der Waals surface area contributed by atoms with Gasteiger partial charge in [-0.3, -0.25) is 4.79 Å². The van der Waals surface area contributed by atoms with E-state index in [0.717, 1.165) is 24.7 Å². The average molecular weight is 220 g/mol. The van der Waals surface area contributed by atoms with Gasteiger partial charge in [0, 0.05) is 17.8 Å². The van der Waals surface area contributed by atoms with Crippen molar-refractivity contribution in [3.63, 3.8) is 0 Å². The van der Waals surface area contributed by atoms with Gasteiger partial charge in [0.2, 0.25) is 5.91 Å². The normalized spacial score (nSPS) is 18.6. The van der Waals surface area contributed by atoms with Gasteiger partial charge in [-0.2, -0.15) is 0 Å². The van der Waals surface area contributed by atoms with Gasteiger partial charge in [-0.05, 0) is 12.8 Å². The Morgan fingerprint density at radius 2 is 2.09 bits per heavy atom. The number of hydrogen-bond donors (Lipinski definition) is 1. The van der Waals surface area contributed by atoms with Crippen molar-refractivity contribution in [1.29, 1.82) is 0 Å². The van der Waals surface area contributed by atoms with Crippen LogP contribution in [0, 0.1) is 5.92 Å². The Hall–Kier alpha value is -0.0500. The molecular formula is C8H14BrNO. The Morgan fingerprint density at radius 3 is 2.64 bits per heavy atom. The van der Waals surface area contributed by atoms with Crippen LogP contribution in [0.4, 0.5) is 0 Å². The zero-order valence-corrected chi connectivity index (χ0v) is 8.19. The fraction of sp³-hybridized carbons (Fsp3) is 0.875. The Morgan fingerprint density at radius 1 is 1.45 bits per heavy atom. The Balaban J connectivity index is 2.17. The van der Waals surface area contributed by atoms with E-state index in [1.807, 2.05) is 0 Å². The summed E-state index contributed by atoms with van der Waals surface area (Å²) in [6.45, 7) is 0.759. The van der Waals surface area contributed by atoms with Crippen molar-refractivity contribution in [2.45, 2.75) is 25.7 Å². The maximum absolute atomic E-state index is 11.3. The Bertz CT molecular complexity index is 132. The summed E-state index contributed by atoms with van der Waals surface area (Å²) in [5.41, 5.74) is 0. The van der Waals surface area contributed by atoms with Crippen LogP contribution < -0.4 is 5.32 Å². The quantitative estimate of drug-likeness (QED) is 0.720. The smallest absolute Gasteiger partial charge is 0.223 e. The molecule has 0 atom stereocenters. The third-order valence-electron chi connectivity index (χ3n) is 2.12. The van der Waals surface area contributed by atoms with Crippen molar-refractivity contribution in [3.8, 4) is 0 Å². The van der Waals surface area contributed by atoms with Gasteiger partial charge in [0.05, 0.1) is 0 Å². The van der Waals surface area contributed by atoms with Crippen LogP contribution >= 0.6 is 15.9 Å². The van der Waals surface area contributed by atoms with Crippen molar-refractivity contribution < 1.29 is 4.79 Å². The number of hydrogen-bond acceptors (Lipinski definition) is 1. The predicted octanol–water partition coefficient (Wildman–Crippen LogP) is 1.69. The number of halogens is 1. The molecule has 1 saturated carbocycles. The molecule has 0 radical (unpaired) electrons. The minimum Gasteiger partial charge on any atom is -0.355 e. The van der Waals surface area contributed by atoms with Gasteiger partial charge in [0.1, 0.15) is 0 Å². The SMILES string of the molecule is O=C(NCCBr)C1CCCC1. The van der Waals surface area contributed by atoms with Crippen LogP contribution in [-0.2, 0) is 4.79 Å². The van der Waals surface area contributed by atoms with Crippen LogP contribution in [0.3, 0.4) is 0 Å². The minimum absolute atomic E-state index is 0.252. The standard InChI is InChI=1S/C8H14BrNO/c9-5-6-10-8(11)7-3-1-2-4-7/h7H,1-6H2,(H,10,11). The molecule has 11 heavy (non-hydrogen) atoms. The van der Waals surface area contributed by atoms with Crippen LogP contribution in [0.2, 0.25) is 0 Å². The number of nitrogens with one attached hydrogen (secondary N) is 1. The van der Waals surface area contributed by atoms with Gasteiger partial charge in [0.25, 0.3) is 0 Å². The predicted molar refractivity (Wildman–Crippen MR) is 48.8 cm³/mol. The van der Waals surface area contributed by atoms with E-state index < -0.39 is 0 Å². The molecule has 0 spiro atoms. The summed E-state index contributed by atoms with van der Waals surface area (Å²) in [7, 11) is 0. The Labute approximate surface area is 75.9 Å². The first-order chi connectivity index (χ1) is 5.34. The largest absolute Gasteiger partial charge is 0.355 e. The van der Waals surface area contributed by atoms with E-state index in [0.29, 0.717) is 5.92 Å². The maximum atomic E-state index is 11.3. The molecule has 1 rings (SSSR count). The first kappa shape index (κ1) is 9.04. The Kier molecular flexibility index (Phi) is 3.91. The summed E-state index contributed by atoms with van der Waals surface area (Å²) >= 11 is 3.27. The molecule has 3 heteroatoms. The first-order valence-electron chi connectivity index (χ1n) is 4.18. The molecule has 1 fully saturated rings. The second-order valence-corrected chi connectivity index (χ2v) is 3.75. The van der Waals surface area contributed by atoms with Gasteiger partial charge >= 0.3 is 0 Å². The van der Waals surface area contributed by atoms with Gasteiger partial charge in [0.15, 0.2) is 0 Å². The molecule has 1 aliphatic rings. The first-order valence-corrected chi connectivity index (χ1v) is 5.30. The zero-order valence-electron chi connectivity index (χ0n) is 6.61. The van der Waals surface area contributed by atoms with Crippen LogP contribution in [0.15, 0.2) is 0 Å². The highest BCUT2D eigenvalue weighted by molar-refractivity contribution is 9.09. The highest BCUT2D eigenvalue weighted by Crippen LogP contribution is 2.24. The van der Waals surface area contributed by atoms with Gasteiger partial charge in [-0.25, -0.2) is 0 Å². The van der Waals surface area contributed by atoms with E-state index >= 15 is 0 Å². The van der Waals surface area contributed by atoms with Crippen molar-refractivity contribution in [1.82, 2.24) is 5.32 Å². The molecule has 1 aliphatic carbocycles. The monoisotopic (exact) mass is 219 g/mol. The molecule has 0 heterocycles. The van der Waals surface area contributed by atoms with Gasteiger partial charge in [-0.15, -0.1) is 0 Å². The van der Waals surface area contributed by atoms with E-state index in [-0.39, 0.29) is 5.91 Å². The molecular weight excluding hydrogens is 206 g/mol. The molecule has 0 aromatic rings. The molecule has 64 valence electrons. The molecule has 1 N–H and O–H groups in total. The van der Waals surface area contributed by atoms with E-state index in [1.54, 1.807) is 0 Å². The second-order valence-electron chi connectivity index (χ2n) is 2.96. The van der Waals surface area contributed by atoms with Crippen LogP contribution in [0.25, 0.3) is 0 Å². The molecule has 2 nitrogen and oxygen atoms in total. The summed E-state index contributed by atoms with van der Waals surface area (Å²) < 4.78 is 0. The fourth-order valence-corrected chi connectivity index (χ4v) is 1.70. The lowest BCUT2D eigenvalue weighted by atomic mass is 10.1. The van der Waals surface area contributed by atoms with E-state index in [4.69, 9.17) is 0 Å². The molecule has 0 aliphatic heterocycles. The lowest BCUT2D eigenvalue weighted by Crippen LogP contribution is -2.30. The van der Waals surface area contributed by atoms with Crippen molar-refractivity contribution in [2.75, 3.05) is 11.9 Å². The fourth-order valence-electron chi connectivity index (χ4n) is 1.50. The summed E-state index contributed by atoms with van der Waals surface area (Å²) in [5, 5.41) is 3.74. The number of amides is 1. The van der Waals surface area contributed by atoms with Gasteiger partial charge < -0.3 is 5.32 Å². The number of alkyl halides is 1. The third-order valence-corrected chi connectivity index (χ3v) is 2.52. The van der Waals surface area contributed by atoms with E-state index in [1.165, 1.54) is 12.8 Å². The van der Waals surface area contributed by atoms with Crippen LogP contribution in [0.5, 0.6) is 0 Å². The highest BCUT2D eigenvalue weighted by atomic mass is 79.9. The van der Waals surface area contributed by atoms with Crippen LogP contribution in [-0.4, -0.2) is 17.8 Å². The number of rotatable bonds is 3. The summed E-state index contributed by atoms with van der Waals surface area (Å²) in [6, 6.07) is 0. The molecule has 1 amide bonds. The lowest BCUT2D eigenvalue weighted by Gasteiger charge is -2.08.